The van der Waals surface area contributed by atoms with Crippen LogP contribution in [0.2, 0.25) is 0 Å². The van der Waals surface area contributed by atoms with Crippen molar-refractivity contribution >= 4 is 20.2 Å². The summed E-state index contributed by atoms with van der Waals surface area (Å²) >= 11 is 4.12. The predicted octanol–water partition coefficient (Wildman–Crippen LogP) is 0.655. The van der Waals surface area contributed by atoms with E-state index in [9.17, 15) is 4.21 Å². The van der Waals surface area contributed by atoms with Crippen molar-refractivity contribution in [2.75, 3.05) is 6.61 Å². The Balaban J connectivity index is 3.51. The number of hydrogen-bond donors (Lipinski definition) is 2. The predicted molar refractivity (Wildman–Crippen MR) is 51.6 cm³/mol. The number of unbranched alkanes of at least 4 members (excludes halogenated alkanes) is 1. The molecule has 0 aromatic rings. The van der Waals surface area contributed by atoms with E-state index in [2.05, 4.69) is 22.3 Å². The number of hydrogen-bond acceptors (Lipinski definition) is 4. The monoisotopic (exact) mass is 213 g/mol. The van der Waals surface area contributed by atoms with E-state index in [1.165, 1.54) is 0 Å². The maximum Gasteiger partial charge on any atom is 0.266 e. The highest BCUT2D eigenvalue weighted by atomic mass is 32.9. The third-order valence-corrected chi connectivity index (χ3v) is 2.08. The summed E-state index contributed by atoms with van der Waals surface area (Å²) in [6.45, 7) is 2.11. The molecule has 0 saturated carbocycles. The van der Waals surface area contributed by atoms with Gasteiger partial charge in [-0.1, -0.05) is 19.8 Å². The van der Waals surface area contributed by atoms with Crippen LogP contribution in [0.25, 0.3) is 0 Å². The van der Waals surface area contributed by atoms with Crippen molar-refractivity contribution in [3.8, 4) is 0 Å². The Morgan fingerprint density at radius 3 is 2.75 bits per heavy atom. The van der Waals surface area contributed by atoms with Crippen molar-refractivity contribution < 1.29 is 12.9 Å². The Morgan fingerprint density at radius 2 is 2.33 bits per heavy atom. The van der Waals surface area contributed by atoms with Crippen LogP contribution >= 0.6 is 0 Å². The molecule has 0 saturated heterocycles. The normalized spacial score (nSPS) is 18.6. The van der Waals surface area contributed by atoms with Crippen molar-refractivity contribution in [2.45, 2.75) is 32.2 Å². The molecule has 0 aromatic heterocycles. The lowest BCUT2D eigenvalue weighted by Crippen LogP contribution is -2.27. The third-order valence-electron chi connectivity index (χ3n) is 1.36. The van der Waals surface area contributed by atoms with E-state index in [0.29, 0.717) is 0 Å². The topological polar surface area (TPSA) is 72.5 Å². The first-order valence-corrected chi connectivity index (χ1v) is 6.19. The second kappa shape index (κ2) is 5.82. The molecule has 0 rings (SSSR count). The van der Waals surface area contributed by atoms with Crippen molar-refractivity contribution in [3.63, 3.8) is 0 Å². The average Bonchev–Trinajstić information content (AvgIpc) is 1.95. The Bertz CT molecular complexity index is 203. The summed E-state index contributed by atoms with van der Waals surface area (Å²) in [4.78, 5) is 0. The second-order valence-corrected chi connectivity index (χ2v) is 4.97. The van der Waals surface area contributed by atoms with Gasteiger partial charge in [-0.15, -0.1) is 0 Å². The Morgan fingerprint density at radius 1 is 1.75 bits per heavy atom. The first kappa shape index (κ1) is 12.2. The third kappa shape index (κ3) is 8.35. The Hall–Kier alpha value is 0.250. The van der Waals surface area contributed by atoms with Gasteiger partial charge in [-0.25, -0.2) is 0 Å². The molecular weight excluding hydrogens is 198 g/mol. The molecule has 0 amide bonds. The van der Waals surface area contributed by atoms with Crippen LogP contribution in [0.1, 0.15) is 26.2 Å². The molecule has 2 atom stereocenters. The van der Waals surface area contributed by atoms with Gasteiger partial charge >= 0.3 is 0 Å². The first-order valence-electron chi connectivity index (χ1n) is 3.83. The van der Waals surface area contributed by atoms with Crippen molar-refractivity contribution in [2.24, 2.45) is 5.73 Å². The van der Waals surface area contributed by atoms with Crippen molar-refractivity contribution in [1.82, 2.24) is 0 Å². The van der Waals surface area contributed by atoms with Gasteiger partial charge in [0, 0.05) is 17.2 Å². The van der Waals surface area contributed by atoms with Crippen molar-refractivity contribution in [3.05, 3.63) is 0 Å². The molecule has 12 heavy (non-hydrogen) atoms. The van der Waals surface area contributed by atoms with E-state index in [1.54, 1.807) is 0 Å². The zero-order valence-corrected chi connectivity index (χ0v) is 8.70. The van der Waals surface area contributed by atoms with E-state index in [4.69, 9.17) is 10.3 Å². The fraction of sp³-hybridized carbons (Fsp3) is 1.00. The van der Waals surface area contributed by atoms with Gasteiger partial charge < -0.3 is 5.73 Å². The van der Waals surface area contributed by atoms with E-state index in [0.717, 1.165) is 19.3 Å². The lowest BCUT2D eigenvalue weighted by atomic mass is 10.1. The molecule has 3 N–H and O–H groups in total. The van der Waals surface area contributed by atoms with Crippen LogP contribution < -0.4 is 5.73 Å². The van der Waals surface area contributed by atoms with Crippen LogP contribution in [0.3, 0.4) is 0 Å². The van der Waals surface area contributed by atoms with Crippen molar-refractivity contribution in [1.29, 1.82) is 0 Å². The summed E-state index contributed by atoms with van der Waals surface area (Å²) in [5.41, 5.74) is 5.56. The maximum atomic E-state index is 10.5. The van der Waals surface area contributed by atoms with Gasteiger partial charge in [0.25, 0.3) is 9.05 Å². The van der Waals surface area contributed by atoms with Gasteiger partial charge in [0.1, 0.15) is 0 Å². The molecule has 0 heterocycles. The quantitative estimate of drug-likeness (QED) is 0.678. The lowest BCUT2D eigenvalue weighted by Gasteiger charge is -2.09. The Labute approximate surface area is 78.2 Å². The van der Waals surface area contributed by atoms with Gasteiger partial charge in [-0.2, -0.15) is 4.21 Å². The van der Waals surface area contributed by atoms with E-state index in [-0.39, 0.29) is 12.6 Å². The average molecular weight is 213 g/mol. The number of nitrogens with two attached hydrogens (primary N) is 1. The smallest absolute Gasteiger partial charge is 0.266 e. The van der Waals surface area contributed by atoms with Crippen LogP contribution in [0.5, 0.6) is 0 Å². The molecule has 0 aliphatic heterocycles. The molecule has 74 valence electrons. The van der Waals surface area contributed by atoms with E-state index >= 15 is 0 Å². The van der Waals surface area contributed by atoms with E-state index in [1.807, 2.05) is 0 Å². The Kier molecular flexibility index (Phi) is 5.94. The van der Waals surface area contributed by atoms with E-state index < -0.39 is 9.05 Å². The zero-order valence-electron chi connectivity index (χ0n) is 7.06. The number of rotatable bonds is 6. The second-order valence-electron chi connectivity index (χ2n) is 2.61. The maximum absolute atomic E-state index is 10.5. The van der Waals surface area contributed by atoms with Crippen LogP contribution in [0.4, 0.5) is 0 Å². The molecule has 0 aromatic carbocycles. The lowest BCUT2D eigenvalue weighted by molar-refractivity contribution is 0.273. The van der Waals surface area contributed by atoms with Crippen LogP contribution in [-0.2, 0) is 24.4 Å². The molecule has 0 radical (unpaired) electrons. The molecule has 0 spiro atoms. The summed E-state index contributed by atoms with van der Waals surface area (Å²) in [5, 5.41) is 0. The van der Waals surface area contributed by atoms with Gasteiger partial charge in [0.2, 0.25) is 0 Å². The summed E-state index contributed by atoms with van der Waals surface area (Å²) in [6, 6.07) is -0.194. The molecular formula is C6H15NO3S2. The molecule has 4 nitrogen and oxygen atoms in total. The minimum atomic E-state index is -3.49. The molecule has 0 aliphatic carbocycles. The highest BCUT2D eigenvalue weighted by molar-refractivity contribution is 8.27. The van der Waals surface area contributed by atoms with Crippen LogP contribution in [0, 0.1) is 0 Å². The largest absolute Gasteiger partial charge is 0.326 e. The summed E-state index contributed by atoms with van der Waals surface area (Å²) in [7, 11) is -3.49. The van der Waals surface area contributed by atoms with Gasteiger partial charge in [-0.3, -0.25) is 8.74 Å². The fourth-order valence-electron chi connectivity index (χ4n) is 0.723. The first-order chi connectivity index (χ1) is 5.45. The van der Waals surface area contributed by atoms with Gasteiger partial charge in [0.05, 0.1) is 6.61 Å². The molecule has 0 aliphatic rings. The summed E-state index contributed by atoms with van der Waals surface area (Å²) < 4.78 is 23.5. The highest BCUT2D eigenvalue weighted by Gasteiger charge is 2.06. The minimum absolute atomic E-state index is 0.0544. The highest BCUT2D eigenvalue weighted by Crippen LogP contribution is 1.99. The molecule has 0 bridgehead atoms. The summed E-state index contributed by atoms with van der Waals surface area (Å²) in [5.74, 6) is 0. The fourth-order valence-corrected chi connectivity index (χ4v) is 1.24. The zero-order chi connectivity index (χ0) is 9.61. The molecule has 0 fully saturated rings. The minimum Gasteiger partial charge on any atom is -0.326 e. The van der Waals surface area contributed by atoms with Crippen LogP contribution in [0.15, 0.2) is 0 Å². The van der Waals surface area contributed by atoms with Gasteiger partial charge in [-0.05, 0) is 6.42 Å². The van der Waals surface area contributed by atoms with Crippen LogP contribution in [-0.4, -0.2) is 21.4 Å². The molecule has 6 heteroatoms. The summed E-state index contributed by atoms with van der Waals surface area (Å²) in [6.07, 6.45) is 2.84. The molecule has 2 unspecified atom stereocenters. The van der Waals surface area contributed by atoms with Gasteiger partial charge in [0.15, 0.2) is 0 Å². The standard InChI is InChI=1S/C6H15NO3S2/c1-2-3-4-6(7)5-10-12(8,9)11/h6H,2-5,7H2,1H3,(H,8,9,11). The SMILES string of the molecule is CCCCC(N)COS(=O)(O)=S.